The Bertz CT molecular complexity index is 3730. The Kier molecular flexibility index (Phi) is 56.8. The van der Waals surface area contributed by atoms with Gasteiger partial charge in [0.05, 0.1) is 51.2 Å². The largest absolute Gasteiger partial charge is 5.00 e. The van der Waals surface area contributed by atoms with E-state index in [1.165, 1.54) is 54.6 Å². The van der Waals surface area contributed by atoms with E-state index < -0.39 is 43.5 Å². The van der Waals surface area contributed by atoms with Crippen molar-refractivity contribution >= 4 is 43.5 Å². The van der Waals surface area contributed by atoms with Crippen molar-refractivity contribution < 1.29 is 194 Å². The van der Waals surface area contributed by atoms with E-state index in [2.05, 4.69) is 89.0 Å². The van der Waals surface area contributed by atoms with Crippen LogP contribution in [0.1, 0.15) is 51.2 Å². The minimum absolute atomic E-state index is 0. The van der Waals surface area contributed by atoms with Crippen LogP contribution in [-0.2, 0) is 110 Å². The average molecular weight is 2060 g/mol. The molecule has 9 aromatic rings. The fraction of sp³-hybridized carbons (Fsp3) is 0.375. The third kappa shape index (κ3) is 60.1. The minimum atomic E-state index is -6.00. The van der Waals surface area contributed by atoms with Crippen LogP contribution in [0.15, 0.2) is 165 Å². The van der Waals surface area contributed by atoms with Crippen molar-refractivity contribution in [3.63, 3.8) is 0 Å². The standard InChI is InChI=1S/3C24H27F3N6.6BF4.3Fe/c3*25-19-4-1-7-28-22(19)16-31-10-12-32(17-23-20(26)5-2-8-29-23)14-15-33(13-11-31)18-24-21(27)6-3-9-30-24;6*2-1(3,4)5;;;/h3*1-9H,10-18H2;;;;;;;;;/q;;;6*-1;3*+5. The predicted molar refractivity (Wildman–Crippen MR) is 416 cm³/mol. The summed E-state index contributed by atoms with van der Waals surface area (Å²) >= 11 is 0. The number of hydrogen-bond acceptors (Lipinski definition) is 18. The summed E-state index contributed by atoms with van der Waals surface area (Å²) in [4.78, 5) is 56.8. The SMILES string of the molecule is F[B-](F)(F)F.F[B-](F)(F)F.F[B-](F)(F)F.F[B-](F)(F)F.F[B-](F)(F)F.F[B-](F)(F)F.Fc1cccnc1CN1CCN(Cc2ncccc2F)CCN(Cc2ncccc2F)CC1.Fc1cccnc1CN1CCN(Cc2ncccc2F)CCN(Cc2ncccc2F)CC1.Fc1cccnc1CN1CCN(Cc2ncccc2F)CCN(Cc2ncccc2F)CC1.[Fe+5].[Fe+5].[Fe+5]. The Labute approximate surface area is 768 Å². The van der Waals surface area contributed by atoms with Gasteiger partial charge in [-0.25, -0.2) is 39.5 Å². The summed E-state index contributed by atoms with van der Waals surface area (Å²) in [6.45, 7) is 15.2. The van der Waals surface area contributed by atoms with Gasteiger partial charge in [-0.05, 0) is 109 Å². The maximum absolute atomic E-state index is 14.2. The molecule has 0 spiro atoms. The van der Waals surface area contributed by atoms with E-state index in [4.69, 9.17) is 0 Å². The van der Waals surface area contributed by atoms with Crippen LogP contribution in [0.2, 0.25) is 0 Å². The van der Waals surface area contributed by atoms with Gasteiger partial charge in [-0.1, -0.05) is 0 Å². The van der Waals surface area contributed by atoms with Gasteiger partial charge >= 0.3 is 94.7 Å². The fourth-order valence-electron chi connectivity index (χ4n) is 11.7. The molecule has 0 amide bonds. The van der Waals surface area contributed by atoms with E-state index in [0.717, 1.165) is 0 Å². The van der Waals surface area contributed by atoms with Crippen LogP contribution in [0.5, 0.6) is 0 Å². The second-order valence-electron chi connectivity index (χ2n) is 27.3. The molecule has 3 aliphatic rings. The van der Waals surface area contributed by atoms with Crippen LogP contribution >= 0.6 is 0 Å². The molecule has 3 radical (unpaired) electrons. The molecule has 3 aliphatic heterocycles. The van der Waals surface area contributed by atoms with Crippen molar-refractivity contribution in [2.24, 2.45) is 0 Å². The average Bonchev–Trinajstić information content (AvgIpc) is 1.70. The van der Waals surface area contributed by atoms with Gasteiger partial charge in [0.25, 0.3) is 0 Å². The Balaban J connectivity index is 0.000000845. The third-order valence-electron chi connectivity index (χ3n) is 17.5. The molecular weight excluding hydrogens is 1980 g/mol. The van der Waals surface area contributed by atoms with E-state index in [0.29, 0.717) is 228 Å². The molecule has 18 nitrogen and oxygen atoms in total. The van der Waals surface area contributed by atoms with Crippen LogP contribution in [0.25, 0.3) is 0 Å². The van der Waals surface area contributed by atoms with Gasteiger partial charge in [-0.2, -0.15) is 0 Å². The molecule has 0 atom stereocenters. The van der Waals surface area contributed by atoms with E-state index in [1.54, 1.807) is 110 Å². The first-order valence-electron chi connectivity index (χ1n) is 38.3. The Morgan fingerprint density at radius 1 is 0.159 bits per heavy atom. The smallest absolute Gasteiger partial charge is 0.418 e. The monoisotopic (exact) mass is 2060 g/mol. The van der Waals surface area contributed by atoms with Crippen molar-refractivity contribution in [1.29, 1.82) is 0 Å². The summed E-state index contributed by atoms with van der Waals surface area (Å²) in [6.07, 6.45) is 14.3. The summed E-state index contributed by atoms with van der Waals surface area (Å²) in [5.41, 5.74) is 3.51. The summed E-state index contributed by atoms with van der Waals surface area (Å²) in [5.74, 6) is -3.02. The number of aromatic nitrogens is 9. The van der Waals surface area contributed by atoms with Crippen LogP contribution in [-0.4, -0.2) is 250 Å². The topological polar surface area (TPSA) is 145 Å². The Morgan fingerprint density at radius 3 is 0.288 bits per heavy atom. The van der Waals surface area contributed by atoms with Crippen molar-refractivity contribution in [2.45, 2.75) is 58.9 Å². The minimum Gasteiger partial charge on any atom is -0.418 e. The van der Waals surface area contributed by atoms with Gasteiger partial charge in [0, 0.05) is 232 Å². The van der Waals surface area contributed by atoms with Gasteiger partial charge in [0.2, 0.25) is 0 Å². The first-order chi connectivity index (χ1) is 60.2. The van der Waals surface area contributed by atoms with Crippen LogP contribution in [0.4, 0.5) is 143 Å². The van der Waals surface area contributed by atoms with Crippen molar-refractivity contribution in [2.75, 3.05) is 118 Å². The van der Waals surface area contributed by atoms with Gasteiger partial charge in [-0.3, -0.25) is 89.0 Å². The Hall–Kier alpha value is -8.37. The van der Waals surface area contributed by atoms with Crippen molar-refractivity contribution in [1.82, 2.24) is 89.0 Å². The molecular formula is C72H81B6F33Fe3N18+9. The second kappa shape index (κ2) is 61.6. The molecule has 3 saturated heterocycles. The van der Waals surface area contributed by atoms with Crippen LogP contribution in [0, 0.1) is 52.4 Å². The predicted octanol–water partition coefficient (Wildman–Crippen LogP) is 17.1. The summed E-state index contributed by atoms with van der Waals surface area (Å²) in [6, 6.07) is 26.8. The molecule has 0 saturated carbocycles. The number of halogens is 33. The first kappa shape index (κ1) is 122. The van der Waals surface area contributed by atoms with Gasteiger partial charge < -0.3 is 104 Å². The molecule has 0 aromatic carbocycles. The number of nitrogens with zero attached hydrogens (tertiary/aromatic N) is 18. The second-order valence-corrected chi connectivity index (χ2v) is 27.3. The van der Waals surface area contributed by atoms with Crippen LogP contribution < -0.4 is 0 Å². The van der Waals surface area contributed by atoms with Gasteiger partial charge in [0.1, 0.15) is 52.4 Å². The van der Waals surface area contributed by atoms with E-state index in [1.807, 2.05) is 0 Å². The zero-order valence-electron chi connectivity index (χ0n) is 68.7. The van der Waals surface area contributed by atoms with Crippen LogP contribution in [0.3, 0.4) is 0 Å². The normalized spacial score (nSPS) is 15.3. The Morgan fingerprint density at radius 2 is 0.227 bits per heavy atom. The van der Waals surface area contributed by atoms with E-state index in [-0.39, 0.29) is 104 Å². The van der Waals surface area contributed by atoms with E-state index in [9.17, 15) is 143 Å². The molecule has 723 valence electrons. The van der Waals surface area contributed by atoms with Crippen molar-refractivity contribution in [3.8, 4) is 0 Å². The molecule has 3 fully saturated rings. The zero-order valence-corrected chi connectivity index (χ0v) is 72.0. The van der Waals surface area contributed by atoms with Gasteiger partial charge in [0.15, 0.2) is 0 Å². The summed E-state index contributed by atoms with van der Waals surface area (Å²) < 4.78 is 362. The number of hydrogen-bond donors (Lipinski definition) is 0. The third-order valence-corrected chi connectivity index (χ3v) is 17.5. The quantitative estimate of drug-likeness (QED) is 0.0592. The molecule has 12 heterocycles. The van der Waals surface area contributed by atoms with Gasteiger partial charge in [-0.15, -0.1) is 0 Å². The maximum atomic E-state index is 14.2. The zero-order chi connectivity index (χ0) is 96.1. The molecule has 0 bridgehead atoms. The molecule has 0 N–H and O–H groups in total. The molecule has 60 heteroatoms. The summed E-state index contributed by atoms with van der Waals surface area (Å²) in [5, 5.41) is 0. The maximum Gasteiger partial charge on any atom is 5.00 e. The molecule has 9 aromatic heterocycles. The molecule has 12 rings (SSSR count). The fourth-order valence-corrected chi connectivity index (χ4v) is 11.7. The van der Waals surface area contributed by atoms with Crippen molar-refractivity contribution in [3.05, 3.63) is 269 Å². The first-order valence-corrected chi connectivity index (χ1v) is 38.3. The molecule has 132 heavy (non-hydrogen) atoms. The molecule has 0 aliphatic carbocycles. The summed E-state index contributed by atoms with van der Waals surface area (Å²) in [7, 11) is -36.0. The number of pyridine rings is 9. The van der Waals surface area contributed by atoms with E-state index >= 15 is 0 Å². The molecule has 0 unspecified atom stereocenters. The number of rotatable bonds is 18.